The van der Waals surface area contributed by atoms with Gasteiger partial charge in [0.2, 0.25) is 0 Å². The Labute approximate surface area is 113 Å². The molecule has 1 saturated heterocycles. The number of fused-ring (bicyclic) bond motifs is 1. The zero-order valence-electron chi connectivity index (χ0n) is 11.5. The summed E-state index contributed by atoms with van der Waals surface area (Å²) in [5, 5.41) is 1.03. The number of hydrogen-bond acceptors (Lipinski definition) is 1. The fourth-order valence-electron chi connectivity index (χ4n) is 3.25. The summed E-state index contributed by atoms with van der Waals surface area (Å²) in [7, 11) is 0. The Balaban J connectivity index is 2.01. The second-order valence-corrected chi connectivity index (χ2v) is 5.45. The summed E-state index contributed by atoms with van der Waals surface area (Å²) in [6.45, 7) is 4.32. The summed E-state index contributed by atoms with van der Waals surface area (Å²) < 4.78 is 0. The van der Waals surface area contributed by atoms with Gasteiger partial charge in [0, 0.05) is 34.7 Å². The van der Waals surface area contributed by atoms with Gasteiger partial charge in [-0.2, -0.15) is 0 Å². The van der Waals surface area contributed by atoms with Crippen molar-refractivity contribution in [3.63, 3.8) is 0 Å². The molecule has 0 spiro atoms. The zero-order chi connectivity index (χ0) is 13.4. The summed E-state index contributed by atoms with van der Waals surface area (Å²) in [5.41, 5.74) is 1.86. The van der Waals surface area contributed by atoms with Crippen molar-refractivity contribution in [2.75, 3.05) is 0 Å². The number of hydrogen-bond donors (Lipinski definition) is 1. The van der Waals surface area contributed by atoms with Gasteiger partial charge < -0.3 is 9.88 Å². The van der Waals surface area contributed by atoms with Gasteiger partial charge in [-0.3, -0.25) is 4.79 Å². The average molecular weight is 256 g/mol. The molecule has 1 N–H and O–H groups in total. The van der Waals surface area contributed by atoms with Crippen LogP contribution in [0.15, 0.2) is 30.5 Å². The molecule has 1 aliphatic heterocycles. The molecular weight excluding hydrogens is 236 g/mol. The third kappa shape index (κ3) is 1.93. The van der Waals surface area contributed by atoms with Crippen LogP contribution in [-0.4, -0.2) is 27.9 Å². The highest BCUT2D eigenvalue weighted by molar-refractivity contribution is 6.06. The van der Waals surface area contributed by atoms with Gasteiger partial charge in [-0.25, -0.2) is 0 Å². The van der Waals surface area contributed by atoms with Crippen LogP contribution in [-0.2, 0) is 0 Å². The molecule has 2 aromatic rings. The van der Waals surface area contributed by atoms with Crippen LogP contribution in [0.5, 0.6) is 0 Å². The molecule has 0 saturated carbocycles. The van der Waals surface area contributed by atoms with Crippen molar-refractivity contribution in [2.45, 2.75) is 45.2 Å². The Hall–Kier alpha value is -1.77. The first-order chi connectivity index (χ1) is 9.22. The van der Waals surface area contributed by atoms with E-state index in [0.29, 0.717) is 12.1 Å². The number of amides is 1. The average Bonchev–Trinajstić information content (AvgIpc) is 3.03. The predicted octanol–water partition coefficient (Wildman–Crippen LogP) is 3.57. The smallest absolute Gasteiger partial charge is 0.255 e. The van der Waals surface area contributed by atoms with Gasteiger partial charge in [0.15, 0.2) is 0 Å². The SMILES string of the molecule is CCC1CCC(C)N1C(=O)c1cccc2[nH]ccc12. The van der Waals surface area contributed by atoms with Crippen LogP contribution < -0.4 is 0 Å². The van der Waals surface area contributed by atoms with Crippen molar-refractivity contribution < 1.29 is 4.79 Å². The molecule has 2 unspecified atom stereocenters. The van der Waals surface area contributed by atoms with Crippen LogP contribution in [0, 0.1) is 0 Å². The molecule has 1 aliphatic rings. The molecule has 1 aromatic heterocycles. The van der Waals surface area contributed by atoms with E-state index in [0.717, 1.165) is 35.7 Å². The lowest BCUT2D eigenvalue weighted by Gasteiger charge is -2.28. The third-order valence-corrected chi connectivity index (χ3v) is 4.32. The second-order valence-electron chi connectivity index (χ2n) is 5.45. The number of nitrogens with zero attached hydrogens (tertiary/aromatic N) is 1. The summed E-state index contributed by atoms with van der Waals surface area (Å²) in [4.78, 5) is 18.1. The number of nitrogens with one attached hydrogen (secondary N) is 1. The van der Waals surface area contributed by atoms with Crippen LogP contribution in [0.1, 0.15) is 43.5 Å². The van der Waals surface area contributed by atoms with Crippen molar-refractivity contribution in [1.29, 1.82) is 0 Å². The Kier molecular flexibility index (Phi) is 3.05. The molecule has 0 radical (unpaired) electrons. The monoisotopic (exact) mass is 256 g/mol. The summed E-state index contributed by atoms with van der Waals surface area (Å²) >= 11 is 0. The Morgan fingerprint density at radius 3 is 3.00 bits per heavy atom. The number of carbonyl (C=O) groups excluding carboxylic acids is 1. The second kappa shape index (κ2) is 4.72. The minimum atomic E-state index is 0.182. The maximum absolute atomic E-state index is 12.9. The quantitative estimate of drug-likeness (QED) is 0.876. The number of rotatable bonds is 2. The van der Waals surface area contributed by atoms with E-state index in [9.17, 15) is 4.79 Å². The van der Waals surface area contributed by atoms with Gasteiger partial charge in [0.1, 0.15) is 0 Å². The van der Waals surface area contributed by atoms with E-state index in [1.54, 1.807) is 0 Å². The normalized spacial score (nSPS) is 23.2. The van der Waals surface area contributed by atoms with Crippen LogP contribution in [0.2, 0.25) is 0 Å². The summed E-state index contributed by atoms with van der Waals surface area (Å²) in [6, 6.07) is 8.65. The van der Waals surface area contributed by atoms with Gasteiger partial charge in [-0.05, 0) is 44.4 Å². The summed E-state index contributed by atoms with van der Waals surface area (Å²) in [5.74, 6) is 0.182. The topological polar surface area (TPSA) is 36.1 Å². The maximum Gasteiger partial charge on any atom is 0.255 e. The highest BCUT2D eigenvalue weighted by Crippen LogP contribution is 2.29. The van der Waals surface area contributed by atoms with E-state index in [-0.39, 0.29) is 5.91 Å². The molecule has 0 aliphatic carbocycles. The highest BCUT2D eigenvalue weighted by Gasteiger charge is 2.34. The lowest BCUT2D eigenvalue weighted by molar-refractivity contribution is 0.0678. The lowest BCUT2D eigenvalue weighted by atomic mass is 10.1. The van der Waals surface area contributed by atoms with Gasteiger partial charge in [0.25, 0.3) is 5.91 Å². The molecule has 100 valence electrons. The number of likely N-dealkylation sites (tertiary alicyclic amines) is 1. The molecule has 3 rings (SSSR count). The van der Waals surface area contributed by atoms with Crippen molar-refractivity contribution >= 4 is 16.8 Å². The number of aromatic nitrogens is 1. The molecule has 3 heteroatoms. The molecule has 1 fully saturated rings. The molecule has 1 aromatic carbocycles. The predicted molar refractivity (Wildman–Crippen MR) is 77.2 cm³/mol. The van der Waals surface area contributed by atoms with Crippen LogP contribution in [0.25, 0.3) is 10.9 Å². The first-order valence-electron chi connectivity index (χ1n) is 7.11. The fraction of sp³-hybridized carbons (Fsp3) is 0.438. The standard InChI is InChI=1S/C16H20N2O/c1-3-12-8-7-11(2)18(12)16(19)14-5-4-6-15-13(14)9-10-17-15/h4-6,9-12,17H,3,7-8H2,1-2H3. The van der Waals surface area contributed by atoms with Gasteiger partial charge >= 0.3 is 0 Å². The van der Waals surface area contributed by atoms with Gasteiger partial charge in [-0.1, -0.05) is 13.0 Å². The van der Waals surface area contributed by atoms with Gasteiger partial charge in [0.05, 0.1) is 0 Å². The number of carbonyl (C=O) groups is 1. The molecular formula is C16H20N2O. The molecule has 3 nitrogen and oxygen atoms in total. The lowest BCUT2D eigenvalue weighted by Crippen LogP contribution is -2.39. The molecule has 2 atom stereocenters. The Morgan fingerprint density at radius 2 is 2.21 bits per heavy atom. The van der Waals surface area contributed by atoms with Gasteiger partial charge in [-0.15, -0.1) is 0 Å². The van der Waals surface area contributed by atoms with E-state index in [2.05, 4.69) is 23.7 Å². The largest absolute Gasteiger partial charge is 0.361 e. The first kappa shape index (κ1) is 12.3. The maximum atomic E-state index is 12.9. The number of benzene rings is 1. The first-order valence-corrected chi connectivity index (χ1v) is 7.11. The zero-order valence-corrected chi connectivity index (χ0v) is 11.5. The molecule has 19 heavy (non-hydrogen) atoms. The van der Waals surface area contributed by atoms with Crippen molar-refractivity contribution in [2.24, 2.45) is 0 Å². The van der Waals surface area contributed by atoms with Crippen molar-refractivity contribution in [3.05, 3.63) is 36.0 Å². The molecule has 1 amide bonds. The minimum Gasteiger partial charge on any atom is -0.361 e. The highest BCUT2D eigenvalue weighted by atomic mass is 16.2. The van der Waals surface area contributed by atoms with Crippen LogP contribution >= 0.6 is 0 Å². The summed E-state index contributed by atoms with van der Waals surface area (Å²) in [6.07, 6.45) is 5.19. The van der Waals surface area contributed by atoms with E-state index >= 15 is 0 Å². The van der Waals surface area contributed by atoms with Crippen LogP contribution in [0.3, 0.4) is 0 Å². The van der Waals surface area contributed by atoms with Crippen molar-refractivity contribution in [1.82, 2.24) is 9.88 Å². The van der Waals surface area contributed by atoms with E-state index < -0.39 is 0 Å². The van der Waals surface area contributed by atoms with E-state index in [1.165, 1.54) is 0 Å². The number of H-pyrrole nitrogens is 1. The Morgan fingerprint density at radius 1 is 1.37 bits per heavy atom. The fourth-order valence-corrected chi connectivity index (χ4v) is 3.25. The van der Waals surface area contributed by atoms with E-state index in [4.69, 9.17) is 0 Å². The molecule has 2 heterocycles. The Bertz CT molecular complexity index is 602. The third-order valence-electron chi connectivity index (χ3n) is 4.32. The minimum absolute atomic E-state index is 0.182. The number of aromatic amines is 1. The van der Waals surface area contributed by atoms with E-state index in [1.807, 2.05) is 30.5 Å². The van der Waals surface area contributed by atoms with Crippen LogP contribution in [0.4, 0.5) is 0 Å². The van der Waals surface area contributed by atoms with Crippen molar-refractivity contribution in [3.8, 4) is 0 Å². The molecule has 0 bridgehead atoms.